The minimum atomic E-state index is -0.221. The Morgan fingerprint density at radius 1 is 1.15 bits per heavy atom. The van der Waals surface area contributed by atoms with Crippen molar-refractivity contribution in [1.82, 2.24) is 5.43 Å². The first-order valence-electron chi connectivity index (χ1n) is 6.67. The van der Waals surface area contributed by atoms with Gasteiger partial charge < -0.3 is 0 Å². The zero-order valence-electron chi connectivity index (χ0n) is 10.9. The predicted molar refractivity (Wildman–Crippen MR) is 81.5 cm³/mol. The Labute approximate surface area is 126 Å². The van der Waals surface area contributed by atoms with E-state index in [1.165, 1.54) is 11.6 Å². The second-order valence-electron chi connectivity index (χ2n) is 5.20. The minimum absolute atomic E-state index is 0.171. The Morgan fingerprint density at radius 2 is 1.90 bits per heavy atom. The maximum atomic E-state index is 14.1. The molecule has 0 saturated heterocycles. The predicted octanol–water partition coefficient (Wildman–Crippen LogP) is 3.90. The van der Waals surface area contributed by atoms with Crippen molar-refractivity contribution in [2.24, 2.45) is 11.8 Å². The summed E-state index contributed by atoms with van der Waals surface area (Å²) < 4.78 is 14.8. The molecule has 0 spiro atoms. The number of halogens is 2. The lowest BCUT2D eigenvalue weighted by molar-refractivity contribution is 0.459. The third kappa shape index (κ3) is 2.51. The molecule has 2 nitrogen and oxygen atoms in total. The molecule has 104 valence electrons. The van der Waals surface area contributed by atoms with Gasteiger partial charge in [-0.25, -0.2) is 4.39 Å². The van der Waals surface area contributed by atoms with Crippen molar-refractivity contribution >= 4 is 15.9 Å². The van der Waals surface area contributed by atoms with Gasteiger partial charge in [0.2, 0.25) is 0 Å². The maximum Gasteiger partial charge on any atom is 0.129 e. The van der Waals surface area contributed by atoms with E-state index in [9.17, 15) is 4.39 Å². The number of hydrogen-bond donors (Lipinski definition) is 2. The van der Waals surface area contributed by atoms with Gasteiger partial charge in [-0.15, -0.1) is 0 Å². The summed E-state index contributed by atoms with van der Waals surface area (Å²) >= 11 is 3.43. The van der Waals surface area contributed by atoms with E-state index in [-0.39, 0.29) is 11.9 Å². The average molecular weight is 335 g/mol. The van der Waals surface area contributed by atoms with Crippen LogP contribution in [0.25, 0.3) is 0 Å². The van der Waals surface area contributed by atoms with Gasteiger partial charge >= 0.3 is 0 Å². The van der Waals surface area contributed by atoms with E-state index in [4.69, 9.17) is 5.84 Å². The molecule has 0 radical (unpaired) electrons. The second-order valence-corrected chi connectivity index (χ2v) is 6.05. The van der Waals surface area contributed by atoms with Crippen LogP contribution in [0.15, 0.2) is 53.0 Å². The van der Waals surface area contributed by atoms with Crippen molar-refractivity contribution in [3.63, 3.8) is 0 Å². The molecule has 0 heterocycles. The van der Waals surface area contributed by atoms with E-state index in [2.05, 4.69) is 33.5 Å². The van der Waals surface area contributed by atoms with Crippen LogP contribution in [-0.4, -0.2) is 0 Å². The number of hydrogen-bond acceptors (Lipinski definition) is 2. The van der Waals surface area contributed by atoms with Gasteiger partial charge in [-0.3, -0.25) is 11.3 Å². The zero-order valence-corrected chi connectivity index (χ0v) is 12.5. The molecular formula is C16H16BrFN2. The molecule has 0 aliphatic heterocycles. The molecule has 3 atom stereocenters. The summed E-state index contributed by atoms with van der Waals surface area (Å²) in [5, 5.41) is 0. The zero-order chi connectivity index (χ0) is 14.1. The summed E-state index contributed by atoms with van der Waals surface area (Å²) in [6, 6.07) is 15.2. The van der Waals surface area contributed by atoms with Crippen molar-refractivity contribution in [2.75, 3.05) is 0 Å². The Kier molecular flexibility index (Phi) is 3.87. The van der Waals surface area contributed by atoms with Crippen LogP contribution in [0.2, 0.25) is 0 Å². The molecule has 1 fully saturated rings. The van der Waals surface area contributed by atoms with Crippen LogP contribution in [0.5, 0.6) is 0 Å². The Morgan fingerprint density at radius 3 is 2.55 bits per heavy atom. The number of nitrogens with two attached hydrogens (primary N) is 1. The number of rotatable bonds is 4. The molecular weight excluding hydrogens is 319 g/mol. The Hall–Kier alpha value is -1.23. The van der Waals surface area contributed by atoms with Crippen LogP contribution >= 0.6 is 15.9 Å². The largest absolute Gasteiger partial charge is 0.271 e. The lowest BCUT2D eigenvalue weighted by atomic mass is 9.99. The molecule has 20 heavy (non-hydrogen) atoms. The second kappa shape index (κ2) is 5.64. The van der Waals surface area contributed by atoms with Crippen molar-refractivity contribution in [3.05, 3.63) is 69.9 Å². The first-order chi connectivity index (χ1) is 9.72. The molecule has 2 aromatic carbocycles. The Balaban J connectivity index is 1.86. The third-order valence-corrected chi connectivity index (χ3v) is 4.68. The molecule has 1 saturated carbocycles. The third-order valence-electron chi connectivity index (χ3n) is 3.99. The normalized spacial score (nSPS) is 22.6. The summed E-state index contributed by atoms with van der Waals surface area (Å²) in [4.78, 5) is 0. The van der Waals surface area contributed by atoms with Crippen LogP contribution in [0.4, 0.5) is 4.39 Å². The molecule has 3 N–H and O–H groups in total. The molecule has 0 bridgehead atoms. The number of benzene rings is 2. The Bertz CT molecular complexity index is 582. The van der Waals surface area contributed by atoms with E-state index in [1.54, 1.807) is 6.07 Å². The fraction of sp³-hybridized carbons (Fsp3) is 0.250. The van der Waals surface area contributed by atoms with Gasteiger partial charge in [0.15, 0.2) is 0 Å². The van der Waals surface area contributed by atoms with Crippen LogP contribution in [0, 0.1) is 11.7 Å². The molecule has 4 heteroatoms. The summed E-state index contributed by atoms with van der Waals surface area (Å²) in [5.74, 6) is 6.24. The first-order valence-corrected chi connectivity index (χ1v) is 7.46. The fourth-order valence-electron chi connectivity index (χ4n) is 2.90. The fourth-order valence-corrected chi connectivity index (χ4v) is 3.48. The maximum absolute atomic E-state index is 14.1. The van der Waals surface area contributed by atoms with Crippen molar-refractivity contribution in [1.29, 1.82) is 0 Å². The van der Waals surface area contributed by atoms with Crippen molar-refractivity contribution in [3.8, 4) is 0 Å². The highest BCUT2D eigenvalue weighted by Crippen LogP contribution is 2.54. The average Bonchev–Trinajstić information content (AvgIpc) is 3.24. The van der Waals surface area contributed by atoms with Gasteiger partial charge in [-0.1, -0.05) is 52.3 Å². The summed E-state index contributed by atoms with van der Waals surface area (Å²) in [6.07, 6.45) is 1.03. The van der Waals surface area contributed by atoms with Crippen LogP contribution in [-0.2, 0) is 0 Å². The highest BCUT2D eigenvalue weighted by Gasteiger charge is 2.45. The molecule has 0 amide bonds. The summed E-state index contributed by atoms with van der Waals surface area (Å²) in [6.45, 7) is 0. The number of hydrazine groups is 1. The van der Waals surface area contributed by atoms with E-state index in [0.717, 1.165) is 10.9 Å². The van der Waals surface area contributed by atoms with Crippen LogP contribution < -0.4 is 11.3 Å². The molecule has 1 aliphatic rings. The lowest BCUT2D eigenvalue weighted by Gasteiger charge is -2.19. The van der Waals surface area contributed by atoms with E-state index >= 15 is 0 Å². The van der Waals surface area contributed by atoms with E-state index in [1.807, 2.05) is 24.3 Å². The van der Waals surface area contributed by atoms with Crippen molar-refractivity contribution in [2.45, 2.75) is 18.4 Å². The topological polar surface area (TPSA) is 38.0 Å². The monoisotopic (exact) mass is 334 g/mol. The molecule has 3 unspecified atom stereocenters. The van der Waals surface area contributed by atoms with Crippen LogP contribution in [0.3, 0.4) is 0 Å². The minimum Gasteiger partial charge on any atom is -0.271 e. The van der Waals surface area contributed by atoms with E-state index in [0.29, 0.717) is 17.4 Å². The van der Waals surface area contributed by atoms with Crippen molar-refractivity contribution < 1.29 is 4.39 Å². The van der Waals surface area contributed by atoms with Gasteiger partial charge in [0.25, 0.3) is 0 Å². The molecule has 1 aliphatic carbocycles. The van der Waals surface area contributed by atoms with E-state index < -0.39 is 0 Å². The first kappa shape index (κ1) is 13.7. The molecule has 3 rings (SSSR count). The molecule has 2 aromatic rings. The van der Waals surface area contributed by atoms with Gasteiger partial charge in [-0.05, 0) is 36.0 Å². The number of nitrogens with one attached hydrogen (secondary N) is 1. The highest BCUT2D eigenvalue weighted by molar-refractivity contribution is 9.10. The molecule has 0 aromatic heterocycles. The standard InChI is InChI=1S/C16H16BrFN2/c17-13-7-4-8-14(18)15(13)16(20-19)12-9-11(12)10-5-2-1-3-6-10/h1-8,11-12,16,20H,9,19H2. The van der Waals surface area contributed by atoms with Gasteiger partial charge in [0, 0.05) is 10.0 Å². The van der Waals surface area contributed by atoms with Crippen LogP contribution in [0.1, 0.15) is 29.5 Å². The summed E-state index contributed by atoms with van der Waals surface area (Å²) in [7, 11) is 0. The van der Waals surface area contributed by atoms with Gasteiger partial charge in [0.05, 0.1) is 6.04 Å². The van der Waals surface area contributed by atoms with Gasteiger partial charge in [0.1, 0.15) is 5.82 Å². The lowest BCUT2D eigenvalue weighted by Crippen LogP contribution is -2.31. The summed E-state index contributed by atoms with van der Waals surface area (Å²) in [5.41, 5.74) is 4.71. The SMILES string of the molecule is NNC(c1c(F)cccc1Br)C1CC1c1ccccc1. The highest BCUT2D eigenvalue weighted by atomic mass is 79.9. The van der Waals surface area contributed by atoms with Gasteiger partial charge in [-0.2, -0.15) is 0 Å². The quantitative estimate of drug-likeness (QED) is 0.657. The smallest absolute Gasteiger partial charge is 0.129 e.